The van der Waals surface area contributed by atoms with E-state index in [2.05, 4.69) is 10.3 Å². The van der Waals surface area contributed by atoms with Crippen LogP contribution in [0.3, 0.4) is 0 Å². The monoisotopic (exact) mass is 334 g/mol. The van der Waals surface area contributed by atoms with Crippen LogP contribution in [-0.2, 0) is 0 Å². The minimum absolute atomic E-state index is 0.0747. The largest absolute Gasteiger partial charge is 0.298 e. The second kappa shape index (κ2) is 5.66. The van der Waals surface area contributed by atoms with Gasteiger partial charge in [-0.25, -0.2) is 9.37 Å². The Kier molecular flexibility index (Phi) is 3.85. The third-order valence-electron chi connectivity index (χ3n) is 3.24. The minimum Gasteiger partial charge on any atom is -0.298 e. The van der Waals surface area contributed by atoms with Gasteiger partial charge in [-0.3, -0.25) is 10.1 Å². The number of carbonyl (C=O) groups excluding carboxylic acids is 1. The third kappa shape index (κ3) is 2.69. The molecule has 112 valence electrons. The summed E-state index contributed by atoms with van der Waals surface area (Å²) in [5.74, 6) is -1.25. The molecule has 1 amide bonds. The number of nitrogens with zero attached hydrogens (tertiary/aromatic N) is 1. The summed E-state index contributed by atoms with van der Waals surface area (Å²) in [6, 6.07) is 8.17. The Morgan fingerprint density at radius 2 is 2.09 bits per heavy atom. The van der Waals surface area contributed by atoms with Crippen LogP contribution in [0.25, 0.3) is 10.2 Å². The van der Waals surface area contributed by atoms with Gasteiger partial charge in [0.2, 0.25) is 0 Å². The first-order valence-corrected chi connectivity index (χ1v) is 7.78. The molecule has 3 nitrogen and oxygen atoms in total. The van der Waals surface area contributed by atoms with Gasteiger partial charge in [-0.15, -0.1) is 0 Å². The molecule has 0 aliphatic carbocycles. The van der Waals surface area contributed by atoms with Gasteiger partial charge >= 0.3 is 0 Å². The standard InChI is InChI=1S/C16H12ClFN2OS/c1-8-6-9(2)14-12(7-8)22-16(19-14)20-15(21)13-10(17)4-3-5-11(13)18/h3-7H,1-2H3,(H,19,20,21). The molecule has 1 aromatic heterocycles. The lowest BCUT2D eigenvalue weighted by Gasteiger charge is -2.04. The predicted octanol–water partition coefficient (Wildman–Crippen LogP) is 4.96. The zero-order valence-electron chi connectivity index (χ0n) is 11.9. The summed E-state index contributed by atoms with van der Waals surface area (Å²) < 4.78 is 14.7. The molecule has 0 atom stereocenters. The first-order valence-electron chi connectivity index (χ1n) is 6.59. The Morgan fingerprint density at radius 3 is 2.82 bits per heavy atom. The van der Waals surface area contributed by atoms with Gasteiger partial charge in [-0.2, -0.15) is 0 Å². The number of amides is 1. The molecule has 0 aliphatic heterocycles. The number of rotatable bonds is 2. The van der Waals surface area contributed by atoms with Crippen molar-refractivity contribution in [3.63, 3.8) is 0 Å². The molecular formula is C16H12ClFN2OS. The van der Waals surface area contributed by atoms with Crippen molar-refractivity contribution in [3.05, 3.63) is 57.9 Å². The molecule has 1 N–H and O–H groups in total. The summed E-state index contributed by atoms with van der Waals surface area (Å²) in [6.07, 6.45) is 0. The summed E-state index contributed by atoms with van der Waals surface area (Å²) >= 11 is 7.25. The number of hydrogen-bond donors (Lipinski definition) is 1. The fourth-order valence-corrected chi connectivity index (χ4v) is 3.58. The van der Waals surface area contributed by atoms with Crippen LogP contribution in [0.5, 0.6) is 0 Å². The van der Waals surface area contributed by atoms with Crippen LogP contribution in [0.15, 0.2) is 30.3 Å². The van der Waals surface area contributed by atoms with Crippen LogP contribution < -0.4 is 5.32 Å². The normalized spacial score (nSPS) is 10.9. The van der Waals surface area contributed by atoms with E-state index in [0.29, 0.717) is 5.13 Å². The van der Waals surface area contributed by atoms with Gasteiger partial charge in [0.15, 0.2) is 5.13 Å². The van der Waals surface area contributed by atoms with Crippen LogP contribution in [0.2, 0.25) is 5.02 Å². The summed E-state index contributed by atoms with van der Waals surface area (Å²) in [5, 5.41) is 3.12. The van der Waals surface area contributed by atoms with Crippen LogP contribution in [0.1, 0.15) is 21.5 Å². The highest BCUT2D eigenvalue weighted by molar-refractivity contribution is 7.22. The third-order valence-corrected chi connectivity index (χ3v) is 4.47. The highest BCUT2D eigenvalue weighted by Crippen LogP contribution is 2.30. The second-order valence-corrected chi connectivity index (χ2v) is 6.44. The first kappa shape index (κ1) is 14.9. The maximum absolute atomic E-state index is 13.8. The highest BCUT2D eigenvalue weighted by Gasteiger charge is 2.17. The van der Waals surface area contributed by atoms with Crippen molar-refractivity contribution in [2.75, 3.05) is 5.32 Å². The van der Waals surface area contributed by atoms with E-state index in [9.17, 15) is 9.18 Å². The molecule has 3 rings (SSSR count). The average Bonchev–Trinajstić information content (AvgIpc) is 2.81. The van der Waals surface area contributed by atoms with E-state index in [1.54, 1.807) is 0 Å². The maximum Gasteiger partial charge on any atom is 0.261 e. The fourth-order valence-electron chi connectivity index (χ4n) is 2.30. The van der Waals surface area contributed by atoms with Crippen molar-refractivity contribution < 1.29 is 9.18 Å². The molecule has 6 heteroatoms. The van der Waals surface area contributed by atoms with E-state index in [1.165, 1.54) is 29.5 Å². The highest BCUT2D eigenvalue weighted by atomic mass is 35.5. The maximum atomic E-state index is 13.8. The molecule has 1 heterocycles. The molecule has 0 aliphatic rings. The molecule has 0 saturated heterocycles. The van der Waals surface area contributed by atoms with Crippen LogP contribution in [-0.4, -0.2) is 10.9 Å². The molecule has 0 radical (unpaired) electrons. The van der Waals surface area contributed by atoms with Crippen molar-refractivity contribution >= 4 is 44.2 Å². The lowest BCUT2D eigenvalue weighted by atomic mass is 10.1. The summed E-state index contributed by atoms with van der Waals surface area (Å²) in [5.41, 5.74) is 2.83. The lowest BCUT2D eigenvalue weighted by molar-refractivity contribution is 0.102. The topological polar surface area (TPSA) is 42.0 Å². The van der Waals surface area contributed by atoms with Gasteiger partial charge < -0.3 is 0 Å². The van der Waals surface area contributed by atoms with Crippen LogP contribution in [0.4, 0.5) is 9.52 Å². The summed E-state index contributed by atoms with van der Waals surface area (Å²) in [6.45, 7) is 3.97. The number of anilines is 1. The Labute approximate surface area is 135 Å². The fraction of sp³-hybridized carbons (Fsp3) is 0.125. The zero-order chi connectivity index (χ0) is 15.9. The number of aromatic nitrogens is 1. The molecule has 2 aromatic carbocycles. The van der Waals surface area contributed by atoms with Gasteiger partial charge in [0.25, 0.3) is 5.91 Å². The number of nitrogens with one attached hydrogen (secondary N) is 1. The number of fused-ring (bicyclic) bond motifs is 1. The Bertz CT molecular complexity index is 871. The molecule has 0 bridgehead atoms. The molecule has 0 spiro atoms. The van der Waals surface area contributed by atoms with Gasteiger partial charge in [-0.05, 0) is 43.2 Å². The van der Waals surface area contributed by atoms with Crippen LogP contribution in [0, 0.1) is 19.7 Å². The number of hydrogen-bond acceptors (Lipinski definition) is 3. The van der Waals surface area contributed by atoms with E-state index < -0.39 is 11.7 Å². The van der Waals surface area contributed by atoms with Gasteiger partial charge in [0.1, 0.15) is 5.82 Å². The number of halogens is 2. The van der Waals surface area contributed by atoms with E-state index in [4.69, 9.17) is 11.6 Å². The number of carbonyl (C=O) groups is 1. The molecule has 0 saturated carbocycles. The predicted molar refractivity (Wildman–Crippen MR) is 88.5 cm³/mol. The van der Waals surface area contributed by atoms with Crippen molar-refractivity contribution in [1.29, 1.82) is 0 Å². The Morgan fingerprint density at radius 1 is 1.32 bits per heavy atom. The lowest BCUT2D eigenvalue weighted by Crippen LogP contribution is -2.14. The molecular weight excluding hydrogens is 323 g/mol. The van der Waals surface area contributed by atoms with Gasteiger partial charge in [0, 0.05) is 0 Å². The van der Waals surface area contributed by atoms with E-state index in [1.807, 2.05) is 26.0 Å². The molecule has 3 aromatic rings. The molecule has 22 heavy (non-hydrogen) atoms. The van der Waals surface area contributed by atoms with E-state index >= 15 is 0 Å². The van der Waals surface area contributed by atoms with Crippen molar-refractivity contribution in [3.8, 4) is 0 Å². The SMILES string of the molecule is Cc1cc(C)c2nc(NC(=O)c3c(F)cccc3Cl)sc2c1. The van der Waals surface area contributed by atoms with E-state index in [0.717, 1.165) is 21.3 Å². The van der Waals surface area contributed by atoms with E-state index in [-0.39, 0.29) is 10.6 Å². The first-order chi connectivity index (χ1) is 10.5. The Hall–Kier alpha value is -1.98. The Balaban J connectivity index is 1.96. The summed E-state index contributed by atoms with van der Waals surface area (Å²) in [7, 11) is 0. The quantitative estimate of drug-likeness (QED) is 0.719. The number of thiazole rings is 1. The number of aryl methyl sites for hydroxylation is 2. The molecule has 0 fully saturated rings. The summed E-state index contributed by atoms with van der Waals surface area (Å²) in [4.78, 5) is 16.6. The van der Waals surface area contributed by atoms with Crippen molar-refractivity contribution in [2.45, 2.75) is 13.8 Å². The van der Waals surface area contributed by atoms with Crippen molar-refractivity contribution in [1.82, 2.24) is 4.98 Å². The second-order valence-electron chi connectivity index (χ2n) is 5.00. The van der Waals surface area contributed by atoms with Gasteiger partial charge in [0.05, 0.1) is 20.8 Å². The van der Waals surface area contributed by atoms with Crippen molar-refractivity contribution in [2.24, 2.45) is 0 Å². The minimum atomic E-state index is -0.655. The average molecular weight is 335 g/mol. The number of benzene rings is 2. The van der Waals surface area contributed by atoms with Gasteiger partial charge in [-0.1, -0.05) is 35.1 Å². The molecule has 0 unspecified atom stereocenters. The van der Waals surface area contributed by atoms with Crippen LogP contribution >= 0.6 is 22.9 Å². The smallest absolute Gasteiger partial charge is 0.261 e. The zero-order valence-corrected chi connectivity index (χ0v) is 13.5.